The van der Waals surface area contributed by atoms with Gasteiger partial charge in [-0.1, -0.05) is 166 Å². The van der Waals surface area contributed by atoms with Crippen LogP contribution in [0.25, 0.3) is 127 Å². The number of nitrogens with zero attached hydrogens (tertiary/aromatic N) is 13. The monoisotopic (exact) mass is 1780 g/mol. The standard InChI is InChI=1S/C29H22FN5O.C28H28N6O2.C25H21N5O.C24H18N6O.CH4/c1-18(34-28-27-24(13-14-31-28)32-17-33-27)25-16-20-8-6-12-23(19-7-5-9-21(30)15-19)26(20)29(36)35(25)22-10-3-2-4-11-22;1-18(32-27-26-23(10-13-29-27)30-17-31-26)24-16-19-6-5-9-22(33-20-11-14-36-15-12-20)25(19)28(35)34(24)21-7-3-2-4-8-21;1-3-17-8-7-9-18-14-21(30(25(31)22(17)18)19-10-5-4-6-11-19)16(2)29-24-23-20(12-13-26-24)27-15-28-23;1-15(29-23-22-19(10-11-26-23)27-14-28-22)20-12-16-6-5-7-17(13-25)21(16)24(31)30(20)18-8-3-2-4-9-18;/h2-18H,1H3,(H,31,34)(H,32,33);2-10,13,16-18,20,33H,11-12,14-15H2,1H3,(H,29,32)(H,30,31);3-16H,1H2,2H3,(H,26,29)(H,27,28);2-12,14-15H,1H3,(H,26,29)(H,27,28);1H4/t2*18-;16-;15-;/m0000./s1. The zero-order valence-electron chi connectivity index (χ0n) is 73.3. The molecule has 0 spiro atoms. The van der Waals surface area contributed by atoms with E-state index in [9.17, 15) is 28.8 Å². The Labute approximate surface area is 772 Å². The van der Waals surface area contributed by atoms with Crippen LogP contribution in [0.1, 0.15) is 106 Å². The summed E-state index contributed by atoms with van der Waals surface area (Å²) in [6, 6.07) is 84.6. The molecule has 4 atom stereocenters. The van der Waals surface area contributed by atoms with E-state index in [2.05, 4.69) is 111 Å². The molecule has 0 saturated carbocycles. The Bertz CT molecular complexity index is 8250. The molecule has 1 aliphatic rings. The van der Waals surface area contributed by atoms with Gasteiger partial charge in [0.05, 0.1) is 105 Å². The molecular weight excluding hydrogens is 1690 g/mol. The summed E-state index contributed by atoms with van der Waals surface area (Å²) in [5.41, 5.74) is 15.7. The molecular formula is C107H93FN22O5. The smallest absolute Gasteiger partial charge is 0.265 e. The number of nitrogens with one attached hydrogen (secondary N) is 9. The Balaban J connectivity index is 0.000000120. The summed E-state index contributed by atoms with van der Waals surface area (Å²) in [7, 11) is 0. The van der Waals surface area contributed by atoms with E-state index in [-0.39, 0.29) is 65.7 Å². The maximum atomic E-state index is 14.2. The summed E-state index contributed by atoms with van der Waals surface area (Å²) >= 11 is 0. The molecule has 0 aliphatic carbocycles. The predicted molar refractivity (Wildman–Crippen MR) is 536 cm³/mol. The second-order valence-electron chi connectivity index (χ2n) is 32.5. The first kappa shape index (κ1) is 88.1. The molecule has 1 aliphatic heterocycles. The molecule has 0 radical (unpaired) electrons. The van der Waals surface area contributed by atoms with Crippen molar-refractivity contribution in [2.75, 3.05) is 39.8 Å². The van der Waals surface area contributed by atoms with Gasteiger partial charge in [0, 0.05) is 95.3 Å². The number of benzene rings is 9. The highest BCUT2D eigenvalue weighted by molar-refractivity contribution is 5.98. The van der Waals surface area contributed by atoms with E-state index in [1.165, 1.54) is 12.1 Å². The van der Waals surface area contributed by atoms with Crippen molar-refractivity contribution in [1.29, 1.82) is 5.26 Å². The van der Waals surface area contributed by atoms with Gasteiger partial charge in [-0.3, -0.25) is 37.4 Å². The molecule has 27 nitrogen and oxygen atoms in total. The maximum Gasteiger partial charge on any atom is 0.265 e. The molecule has 9 aromatic carbocycles. The first-order chi connectivity index (χ1) is 65.6. The van der Waals surface area contributed by atoms with Gasteiger partial charge >= 0.3 is 0 Å². The largest absolute Gasteiger partial charge is 0.381 e. The number of halogens is 1. The highest BCUT2D eigenvalue weighted by Gasteiger charge is 2.27. The number of nitriles is 1. The van der Waals surface area contributed by atoms with Crippen LogP contribution >= 0.6 is 0 Å². The van der Waals surface area contributed by atoms with Crippen LogP contribution in [0.5, 0.6) is 0 Å². The van der Waals surface area contributed by atoms with Crippen LogP contribution in [-0.4, -0.2) is 97.3 Å². The van der Waals surface area contributed by atoms with Crippen molar-refractivity contribution in [1.82, 2.24) is 78.1 Å². The first-order valence-corrected chi connectivity index (χ1v) is 43.9. The van der Waals surface area contributed by atoms with Gasteiger partial charge in [0.15, 0.2) is 23.3 Å². The normalized spacial score (nSPS) is 12.9. The van der Waals surface area contributed by atoms with E-state index >= 15 is 0 Å². The number of pyridine rings is 8. The molecule has 0 unspecified atom stereocenters. The number of para-hydroxylation sites is 4. The lowest BCUT2D eigenvalue weighted by molar-refractivity contribution is 0.0905. The summed E-state index contributed by atoms with van der Waals surface area (Å²) in [5, 5.41) is 32.5. The van der Waals surface area contributed by atoms with Crippen molar-refractivity contribution < 1.29 is 9.13 Å². The Morgan fingerprint density at radius 1 is 0.400 bits per heavy atom. The lowest BCUT2D eigenvalue weighted by Gasteiger charge is -2.26. The Morgan fingerprint density at radius 2 is 0.741 bits per heavy atom. The summed E-state index contributed by atoms with van der Waals surface area (Å²) in [6.07, 6.45) is 17.0. The molecule has 0 bridgehead atoms. The highest BCUT2D eigenvalue weighted by atomic mass is 19.1. The first-order valence-electron chi connectivity index (χ1n) is 43.9. The van der Waals surface area contributed by atoms with Crippen molar-refractivity contribution >= 4 is 122 Å². The lowest BCUT2D eigenvalue weighted by atomic mass is 9.97. The maximum absolute atomic E-state index is 14.2. The summed E-state index contributed by atoms with van der Waals surface area (Å²) < 4.78 is 26.5. The minimum Gasteiger partial charge on any atom is -0.381 e. The molecule has 668 valence electrons. The molecule has 13 heterocycles. The van der Waals surface area contributed by atoms with Gasteiger partial charge in [0.2, 0.25) is 0 Å². The summed E-state index contributed by atoms with van der Waals surface area (Å²) in [4.78, 5) is 103. The summed E-state index contributed by atoms with van der Waals surface area (Å²) in [6.45, 7) is 13.4. The number of H-pyrrole nitrogens is 4. The lowest BCUT2D eigenvalue weighted by Crippen LogP contribution is -2.30. The van der Waals surface area contributed by atoms with Gasteiger partial charge in [-0.05, 0) is 200 Å². The Kier molecular flexibility index (Phi) is 25.4. The molecule has 1 saturated heterocycles. The quantitative estimate of drug-likeness (QED) is 0.0342. The summed E-state index contributed by atoms with van der Waals surface area (Å²) in [5.74, 6) is 2.25. The van der Waals surface area contributed by atoms with Crippen LogP contribution in [0.15, 0.2) is 343 Å². The van der Waals surface area contributed by atoms with Crippen LogP contribution in [0.3, 0.4) is 0 Å². The SMILES string of the molecule is C.C=Cc1cccc2cc([C@H](C)Nc3nccc4[nH]cnc34)n(-c3ccccc3)c(=O)c12.C[C@H](Nc1nccc2[nH]cnc12)c1cc2cccc(-c3cccc(F)c3)c2c(=O)n1-c1ccccc1.C[C@H](Nc1nccc2[nH]cnc12)c1cc2cccc(C#N)c2c(=O)n1-c1ccccc1.C[C@H](Nc1nccc2[nH]cnc12)c1cc2cccc(NC3CCOCC3)c2c(=O)n1-c1ccccc1. The van der Waals surface area contributed by atoms with E-state index < -0.39 is 0 Å². The van der Waals surface area contributed by atoms with E-state index in [1.54, 1.807) is 92.6 Å². The average molecular weight is 1790 g/mol. The molecule has 135 heavy (non-hydrogen) atoms. The van der Waals surface area contributed by atoms with Crippen LogP contribution in [0, 0.1) is 17.1 Å². The molecule has 0 amide bonds. The van der Waals surface area contributed by atoms with Crippen molar-refractivity contribution in [3.05, 3.63) is 405 Å². The molecule has 9 N–H and O–H groups in total. The minimum absolute atomic E-state index is 0. The number of imidazole rings is 4. The molecule has 12 aromatic heterocycles. The fourth-order valence-electron chi connectivity index (χ4n) is 17.6. The minimum atomic E-state index is -0.345. The van der Waals surface area contributed by atoms with E-state index in [0.717, 1.165) is 149 Å². The predicted octanol–water partition coefficient (Wildman–Crippen LogP) is 21.3. The van der Waals surface area contributed by atoms with Gasteiger partial charge < -0.3 is 51.3 Å². The Morgan fingerprint density at radius 3 is 1.13 bits per heavy atom. The third-order valence-electron chi connectivity index (χ3n) is 24.0. The van der Waals surface area contributed by atoms with Crippen LogP contribution in [0.2, 0.25) is 0 Å². The number of fused-ring (bicyclic) bond motifs is 8. The zero-order chi connectivity index (χ0) is 91.9. The second-order valence-corrected chi connectivity index (χ2v) is 32.5. The number of ether oxygens (including phenoxy) is 1. The van der Waals surface area contributed by atoms with Crippen LogP contribution in [-0.2, 0) is 4.74 Å². The van der Waals surface area contributed by atoms with Crippen molar-refractivity contribution in [3.63, 3.8) is 0 Å². The van der Waals surface area contributed by atoms with Crippen molar-refractivity contribution in [3.8, 4) is 39.9 Å². The number of aromatic amines is 4. The van der Waals surface area contributed by atoms with Crippen LogP contribution < -0.4 is 48.8 Å². The van der Waals surface area contributed by atoms with Crippen LogP contribution in [0.4, 0.5) is 33.3 Å². The second kappa shape index (κ2) is 39.0. The molecule has 1 fully saturated rings. The third-order valence-corrected chi connectivity index (χ3v) is 24.0. The number of anilines is 5. The van der Waals surface area contributed by atoms with Gasteiger partial charge in [0.25, 0.3) is 22.2 Å². The fraction of sp³-hybridized carbons (Fsp3) is 0.131. The molecule has 21 aromatic rings. The third kappa shape index (κ3) is 17.8. The van der Waals surface area contributed by atoms with E-state index in [1.807, 2.05) is 252 Å². The zero-order valence-corrected chi connectivity index (χ0v) is 73.3. The van der Waals surface area contributed by atoms with E-state index in [4.69, 9.17) is 4.74 Å². The van der Waals surface area contributed by atoms with Gasteiger partial charge in [-0.25, -0.2) is 44.3 Å². The van der Waals surface area contributed by atoms with Gasteiger partial charge in [-0.15, -0.1) is 0 Å². The van der Waals surface area contributed by atoms with E-state index in [0.29, 0.717) is 61.5 Å². The Hall–Kier alpha value is -17.6. The average Bonchev–Trinajstić information content (AvgIpc) is 1.57. The molecule has 22 rings (SSSR count). The van der Waals surface area contributed by atoms with Crippen molar-refractivity contribution in [2.45, 2.75) is 78.2 Å². The van der Waals surface area contributed by atoms with Gasteiger partial charge in [-0.2, -0.15) is 5.26 Å². The fourth-order valence-corrected chi connectivity index (χ4v) is 17.6. The number of aromatic nitrogens is 16. The number of hydrogen-bond acceptors (Lipinski definition) is 19. The number of rotatable bonds is 20. The molecule has 28 heteroatoms. The highest BCUT2D eigenvalue weighted by Crippen LogP contribution is 2.36. The topological polar surface area (TPSA) is 347 Å². The van der Waals surface area contributed by atoms with Gasteiger partial charge in [0.1, 0.15) is 27.9 Å². The number of hydrogen-bond donors (Lipinski definition) is 9. The van der Waals surface area contributed by atoms with Crippen molar-refractivity contribution in [2.24, 2.45) is 0 Å².